The molecule has 1 atom stereocenters. The zero-order valence-corrected chi connectivity index (χ0v) is 18.2. The Hall–Kier alpha value is -3.19. The van der Waals surface area contributed by atoms with Gasteiger partial charge in [-0.3, -0.25) is 14.9 Å². The van der Waals surface area contributed by atoms with Crippen LogP contribution in [-0.2, 0) is 4.79 Å². The summed E-state index contributed by atoms with van der Waals surface area (Å²) in [6, 6.07) is 14.8. The standard InChI is InChI=1S/C23H25N3O3S/c1-14(2)29-20-11-9-19(10-12-20)22(28)26-23-25-21(13-30-23)18-7-5-17(6-8-18)15(3)24-16(4)27/h5-15H,1-4H3,(H,24,27)(H,25,26,28). The average Bonchev–Trinajstić information content (AvgIpc) is 3.16. The minimum Gasteiger partial charge on any atom is -0.491 e. The van der Waals surface area contributed by atoms with Crippen LogP contribution in [0.5, 0.6) is 5.75 Å². The van der Waals surface area contributed by atoms with Crippen LogP contribution in [0.4, 0.5) is 5.13 Å². The molecule has 0 spiro atoms. The van der Waals surface area contributed by atoms with Gasteiger partial charge >= 0.3 is 0 Å². The van der Waals surface area contributed by atoms with Gasteiger partial charge in [0.15, 0.2) is 5.13 Å². The van der Waals surface area contributed by atoms with Crippen LogP contribution >= 0.6 is 11.3 Å². The highest BCUT2D eigenvalue weighted by molar-refractivity contribution is 7.14. The van der Waals surface area contributed by atoms with E-state index in [2.05, 4.69) is 15.6 Å². The number of carbonyl (C=O) groups excluding carboxylic acids is 2. The summed E-state index contributed by atoms with van der Waals surface area (Å²) in [5.41, 5.74) is 3.29. The Morgan fingerprint density at radius 1 is 1.00 bits per heavy atom. The molecule has 0 aliphatic heterocycles. The maximum atomic E-state index is 12.5. The van der Waals surface area contributed by atoms with Crippen molar-refractivity contribution in [2.24, 2.45) is 0 Å². The Balaban J connectivity index is 1.64. The molecule has 0 radical (unpaired) electrons. The number of hydrogen-bond acceptors (Lipinski definition) is 5. The van der Waals surface area contributed by atoms with Crippen LogP contribution in [0.3, 0.4) is 0 Å². The number of aromatic nitrogens is 1. The molecule has 2 N–H and O–H groups in total. The summed E-state index contributed by atoms with van der Waals surface area (Å²) in [6.45, 7) is 7.35. The van der Waals surface area contributed by atoms with Crippen LogP contribution in [-0.4, -0.2) is 22.9 Å². The molecular weight excluding hydrogens is 398 g/mol. The number of nitrogens with zero attached hydrogens (tertiary/aromatic N) is 1. The maximum Gasteiger partial charge on any atom is 0.257 e. The highest BCUT2D eigenvalue weighted by Gasteiger charge is 2.12. The molecule has 1 aromatic heterocycles. The van der Waals surface area contributed by atoms with Crippen molar-refractivity contribution in [2.45, 2.75) is 39.8 Å². The predicted molar refractivity (Wildman–Crippen MR) is 120 cm³/mol. The first-order valence-corrected chi connectivity index (χ1v) is 10.6. The van der Waals surface area contributed by atoms with Crippen molar-refractivity contribution in [1.29, 1.82) is 0 Å². The number of nitrogens with one attached hydrogen (secondary N) is 2. The number of anilines is 1. The Labute approximate surface area is 180 Å². The Morgan fingerprint density at radius 2 is 1.67 bits per heavy atom. The van der Waals surface area contributed by atoms with Crippen LogP contribution in [0.2, 0.25) is 0 Å². The Morgan fingerprint density at radius 3 is 2.27 bits per heavy atom. The maximum absolute atomic E-state index is 12.5. The van der Waals surface area contributed by atoms with Gasteiger partial charge in [0.25, 0.3) is 5.91 Å². The van der Waals surface area contributed by atoms with Crippen LogP contribution < -0.4 is 15.4 Å². The summed E-state index contributed by atoms with van der Waals surface area (Å²) >= 11 is 1.37. The second-order valence-corrected chi connectivity index (χ2v) is 8.09. The summed E-state index contributed by atoms with van der Waals surface area (Å²) in [5, 5.41) is 8.14. The smallest absolute Gasteiger partial charge is 0.257 e. The first-order chi connectivity index (χ1) is 14.3. The summed E-state index contributed by atoms with van der Waals surface area (Å²) < 4.78 is 5.60. The van der Waals surface area contributed by atoms with Gasteiger partial charge in [0.2, 0.25) is 5.91 Å². The zero-order valence-electron chi connectivity index (χ0n) is 17.4. The highest BCUT2D eigenvalue weighted by Crippen LogP contribution is 2.26. The first kappa shape index (κ1) is 21.5. The minimum absolute atomic E-state index is 0.0563. The topological polar surface area (TPSA) is 80.3 Å². The lowest BCUT2D eigenvalue weighted by atomic mass is 10.1. The van der Waals surface area contributed by atoms with Crippen LogP contribution in [0, 0.1) is 0 Å². The quantitative estimate of drug-likeness (QED) is 0.557. The third kappa shape index (κ3) is 5.67. The normalized spacial score (nSPS) is 11.8. The van der Waals surface area contributed by atoms with Gasteiger partial charge in [0, 0.05) is 23.4 Å². The number of carbonyl (C=O) groups is 2. The van der Waals surface area contributed by atoms with Crippen LogP contribution in [0.25, 0.3) is 11.3 Å². The minimum atomic E-state index is -0.216. The van der Waals surface area contributed by atoms with Gasteiger partial charge in [0.05, 0.1) is 17.8 Å². The SMILES string of the molecule is CC(=O)NC(C)c1ccc(-c2csc(NC(=O)c3ccc(OC(C)C)cc3)n2)cc1. The lowest BCUT2D eigenvalue weighted by Crippen LogP contribution is -2.23. The van der Waals surface area contributed by atoms with E-state index in [0.29, 0.717) is 10.7 Å². The summed E-state index contributed by atoms with van der Waals surface area (Å²) in [5.74, 6) is 0.453. The molecule has 0 saturated heterocycles. The number of hydrogen-bond donors (Lipinski definition) is 2. The number of ether oxygens (including phenoxy) is 1. The van der Waals surface area contributed by atoms with Crippen molar-refractivity contribution in [1.82, 2.24) is 10.3 Å². The molecule has 7 heteroatoms. The molecule has 1 unspecified atom stereocenters. The van der Waals surface area contributed by atoms with Gasteiger partial charge < -0.3 is 10.1 Å². The molecule has 0 bridgehead atoms. The van der Waals surface area contributed by atoms with Crippen molar-refractivity contribution in [2.75, 3.05) is 5.32 Å². The van der Waals surface area contributed by atoms with Crippen molar-refractivity contribution >= 4 is 28.3 Å². The fourth-order valence-electron chi connectivity index (χ4n) is 2.92. The molecule has 0 aliphatic carbocycles. The molecule has 156 valence electrons. The monoisotopic (exact) mass is 423 g/mol. The third-order valence-electron chi connectivity index (χ3n) is 4.34. The van der Waals surface area contributed by atoms with E-state index in [4.69, 9.17) is 4.74 Å². The molecular formula is C23H25N3O3S. The van der Waals surface area contributed by atoms with Crippen LogP contribution in [0.15, 0.2) is 53.9 Å². The average molecular weight is 424 g/mol. The molecule has 1 heterocycles. The summed E-state index contributed by atoms with van der Waals surface area (Å²) in [6.07, 6.45) is 0.0843. The van der Waals surface area contributed by atoms with E-state index in [-0.39, 0.29) is 24.0 Å². The van der Waals surface area contributed by atoms with E-state index < -0.39 is 0 Å². The molecule has 3 aromatic rings. The van der Waals surface area contributed by atoms with Gasteiger partial charge in [-0.2, -0.15) is 0 Å². The molecule has 2 amide bonds. The summed E-state index contributed by atoms with van der Waals surface area (Å²) in [7, 11) is 0. The van der Waals surface area contributed by atoms with Crippen molar-refractivity contribution in [3.05, 3.63) is 65.0 Å². The fourth-order valence-corrected chi connectivity index (χ4v) is 3.64. The van der Waals surface area contributed by atoms with E-state index in [1.54, 1.807) is 24.3 Å². The molecule has 2 aromatic carbocycles. The van der Waals surface area contributed by atoms with Gasteiger partial charge in [-0.05, 0) is 50.6 Å². The lowest BCUT2D eigenvalue weighted by Gasteiger charge is -2.13. The second-order valence-electron chi connectivity index (χ2n) is 7.23. The highest BCUT2D eigenvalue weighted by atomic mass is 32.1. The van der Waals surface area contributed by atoms with Gasteiger partial charge in [0.1, 0.15) is 5.75 Å². The Bertz CT molecular complexity index is 1010. The third-order valence-corrected chi connectivity index (χ3v) is 5.10. The van der Waals surface area contributed by atoms with E-state index >= 15 is 0 Å². The second kappa shape index (κ2) is 9.54. The van der Waals surface area contributed by atoms with E-state index in [0.717, 1.165) is 22.6 Å². The molecule has 0 fully saturated rings. The van der Waals surface area contributed by atoms with Crippen molar-refractivity contribution in [3.63, 3.8) is 0 Å². The van der Waals surface area contributed by atoms with Crippen LogP contribution in [0.1, 0.15) is 49.7 Å². The fraction of sp³-hybridized carbons (Fsp3) is 0.261. The van der Waals surface area contributed by atoms with Crippen molar-refractivity contribution < 1.29 is 14.3 Å². The van der Waals surface area contributed by atoms with E-state index in [9.17, 15) is 9.59 Å². The van der Waals surface area contributed by atoms with Gasteiger partial charge in [-0.15, -0.1) is 11.3 Å². The molecule has 0 saturated carbocycles. The lowest BCUT2D eigenvalue weighted by molar-refractivity contribution is -0.119. The number of thiazole rings is 1. The number of amides is 2. The van der Waals surface area contributed by atoms with E-state index in [1.165, 1.54) is 18.3 Å². The molecule has 6 nitrogen and oxygen atoms in total. The molecule has 30 heavy (non-hydrogen) atoms. The first-order valence-electron chi connectivity index (χ1n) is 9.73. The van der Waals surface area contributed by atoms with Gasteiger partial charge in [-0.1, -0.05) is 24.3 Å². The molecule has 0 aliphatic rings. The molecule has 3 rings (SSSR count). The predicted octanol–water partition coefficient (Wildman–Crippen LogP) is 5.05. The van der Waals surface area contributed by atoms with Gasteiger partial charge in [-0.25, -0.2) is 4.98 Å². The number of rotatable bonds is 7. The van der Waals surface area contributed by atoms with Crippen molar-refractivity contribution in [3.8, 4) is 17.0 Å². The summed E-state index contributed by atoms with van der Waals surface area (Å²) in [4.78, 5) is 28.2. The van der Waals surface area contributed by atoms with E-state index in [1.807, 2.05) is 50.4 Å². The number of benzene rings is 2. The zero-order chi connectivity index (χ0) is 21.7. The Kier molecular flexibility index (Phi) is 6.84. The largest absolute Gasteiger partial charge is 0.491 e.